The number of nitrogens with two attached hydrogens (primary N) is 1. The average molecular weight is 265 g/mol. The van der Waals surface area contributed by atoms with E-state index < -0.39 is 0 Å². The first-order chi connectivity index (χ1) is 9.81. The third kappa shape index (κ3) is 2.38. The van der Waals surface area contributed by atoms with Gasteiger partial charge in [0.05, 0.1) is 0 Å². The molecule has 0 bridgehead atoms. The highest BCUT2D eigenvalue weighted by Gasteiger charge is 2.27. The standard InChI is InChI=1S/C19H23N/c1-2-7-18(20)19-16-10-5-3-8-14(16)12-13-15-9-4-6-11-17(15)19/h3-6,8-11,18-19H,2,7,12-13,20H2,1H3. The molecule has 104 valence electrons. The van der Waals surface area contributed by atoms with Crippen molar-refractivity contribution in [3.05, 3.63) is 70.8 Å². The largest absolute Gasteiger partial charge is 0.327 e. The molecule has 2 N–H and O–H groups in total. The second kappa shape index (κ2) is 5.80. The van der Waals surface area contributed by atoms with E-state index in [1.165, 1.54) is 22.3 Å². The lowest BCUT2D eigenvalue weighted by atomic mass is 9.81. The normalized spacial score (nSPS) is 16.1. The van der Waals surface area contributed by atoms with Gasteiger partial charge in [0.15, 0.2) is 0 Å². The molecule has 0 aliphatic heterocycles. The van der Waals surface area contributed by atoms with Crippen LogP contribution in [-0.4, -0.2) is 6.04 Å². The highest BCUT2D eigenvalue weighted by atomic mass is 14.7. The minimum Gasteiger partial charge on any atom is -0.327 e. The maximum Gasteiger partial charge on any atom is 0.0246 e. The van der Waals surface area contributed by atoms with Crippen molar-refractivity contribution in [2.75, 3.05) is 0 Å². The SMILES string of the molecule is CCCC(N)C1c2ccccc2CCc2ccccc21. The van der Waals surface area contributed by atoms with E-state index in [-0.39, 0.29) is 6.04 Å². The zero-order valence-electron chi connectivity index (χ0n) is 12.2. The number of hydrogen-bond donors (Lipinski definition) is 1. The monoisotopic (exact) mass is 265 g/mol. The van der Waals surface area contributed by atoms with E-state index in [4.69, 9.17) is 5.73 Å². The summed E-state index contributed by atoms with van der Waals surface area (Å²) in [6, 6.07) is 17.9. The van der Waals surface area contributed by atoms with E-state index >= 15 is 0 Å². The van der Waals surface area contributed by atoms with Crippen molar-refractivity contribution in [1.82, 2.24) is 0 Å². The third-order valence-corrected chi connectivity index (χ3v) is 4.49. The quantitative estimate of drug-likeness (QED) is 0.890. The van der Waals surface area contributed by atoms with E-state index in [2.05, 4.69) is 55.5 Å². The summed E-state index contributed by atoms with van der Waals surface area (Å²) < 4.78 is 0. The predicted octanol–water partition coefficient (Wildman–Crippen LogP) is 4.04. The van der Waals surface area contributed by atoms with Gasteiger partial charge >= 0.3 is 0 Å². The van der Waals surface area contributed by atoms with Gasteiger partial charge in [0.1, 0.15) is 0 Å². The van der Waals surface area contributed by atoms with Crippen LogP contribution >= 0.6 is 0 Å². The van der Waals surface area contributed by atoms with Crippen LogP contribution in [0.3, 0.4) is 0 Å². The summed E-state index contributed by atoms with van der Waals surface area (Å²) in [6.07, 6.45) is 4.47. The van der Waals surface area contributed by atoms with Crippen LogP contribution in [0.25, 0.3) is 0 Å². The van der Waals surface area contributed by atoms with Gasteiger partial charge in [0.25, 0.3) is 0 Å². The molecule has 3 rings (SSSR count). The predicted molar refractivity (Wildman–Crippen MR) is 85.0 cm³/mol. The number of hydrogen-bond acceptors (Lipinski definition) is 1. The summed E-state index contributed by atoms with van der Waals surface area (Å²) in [5, 5.41) is 0. The van der Waals surface area contributed by atoms with Crippen molar-refractivity contribution in [2.24, 2.45) is 5.73 Å². The zero-order chi connectivity index (χ0) is 13.9. The van der Waals surface area contributed by atoms with Gasteiger partial charge < -0.3 is 5.73 Å². The summed E-state index contributed by atoms with van der Waals surface area (Å²) in [5.41, 5.74) is 12.4. The first-order valence-corrected chi connectivity index (χ1v) is 7.72. The van der Waals surface area contributed by atoms with E-state index in [0.717, 1.165) is 25.7 Å². The maximum atomic E-state index is 6.56. The van der Waals surface area contributed by atoms with Gasteiger partial charge in [-0.1, -0.05) is 61.9 Å². The van der Waals surface area contributed by atoms with Gasteiger partial charge in [0.2, 0.25) is 0 Å². The Labute approximate surface area is 121 Å². The van der Waals surface area contributed by atoms with Crippen molar-refractivity contribution in [3.63, 3.8) is 0 Å². The van der Waals surface area contributed by atoms with Crippen LogP contribution < -0.4 is 5.73 Å². The van der Waals surface area contributed by atoms with E-state index in [9.17, 15) is 0 Å². The van der Waals surface area contributed by atoms with Crippen LogP contribution in [0.15, 0.2) is 48.5 Å². The minimum absolute atomic E-state index is 0.209. The fraction of sp³-hybridized carbons (Fsp3) is 0.368. The Balaban J connectivity index is 2.13. The Morgan fingerprint density at radius 3 is 1.95 bits per heavy atom. The molecule has 0 radical (unpaired) electrons. The third-order valence-electron chi connectivity index (χ3n) is 4.49. The van der Waals surface area contributed by atoms with E-state index in [0.29, 0.717) is 5.92 Å². The molecule has 1 atom stereocenters. The summed E-state index contributed by atoms with van der Waals surface area (Å²) in [4.78, 5) is 0. The first-order valence-electron chi connectivity index (χ1n) is 7.72. The lowest BCUT2D eigenvalue weighted by Gasteiger charge is -2.26. The topological polar surface area (TPSA) is 26.0 Å². The van der Waals surface area contributed by atoms with Gasteiger partial charge in [-0.2, -0.15) is 0 Å². The minimum atomic E-state index is 0.209. The molecule has 1 aliphatic carbocycles. The fourth-order valence-corrected chi connectivity index (χ4v) is 3.53. The summed E-state index contributed by atoms with van der Waals surface area (Å²) >= 11 is 0. The molecule has 0 saturated heterocycles. The van der Waals surface area contributed by atoms with Crippen LogP contribution in [0.5, 0.6) is 0 Å². The molecule has 0 fully saturated rings. The molecular formula is C19H23N. The average Bonchev–Trinajstić information content (AvgIpc) is 2.64. The molecule has 0 aromatic heterocycles. The molecule has 0 saturated carbocycles. The molecule has 2 aromatic carbocycles. The highest BCUT2D eigenvalue weighted by Crippen LogP contribution is 2.36. The number of fused-ring (bicyclic) bond motifs is 2. The van der Waals surface area contributed by atoms with Gasteiger partial charge in [0, 0.05) is 12.0 Å². The number of aryl methyl sites for hydroxylation is 2. The smallest absolute Gasteiger partial charge is 0.0246 e. The van der Waals surface area contributed by atoms with Crippen molar-refractivity contribution < 1.29 is 0 Å². The molecule has 0 spiro atoms. The number of rotatable bonds is 3. The Bertz CT molecular complexity index is 540. The van der Waals surface area contributed by atoms with Crippen LogP contribution in [-0.2, 0) is 12.8 Å². The molecule has 20 heavy (non-hydrogen) atoms. The summed E-state index contributed by atoms with van der Waals surface area (Å²) in [5.74, 6) is 0.352. The molecule has 1 aliphatic rings. The number of benzene rings is 2. The highest BCUT2D eigenvalue weighted by molar-refractivity contribution is 5.46. The summed E-state index contributed by atoms with van der Waals surface area (Å²) in [7, 11) is 0. The second-order valence-corrected chi connectivity index (χ2v) is 5.83. The zero-order valence-corrected chi connectivity index (χ0v) is 12.2. The van der Waals surface area contributed by atoms with Crippen molar-refractivity contribution in [2.45, 2.75) is 44.6 Å². The van der Waals surface area contributed by atoms with Crippen LogP contribution in [0, 0.1) is 0 Å². The van der Waals surface area contributed by atoms with Gasteiger partial charge in [-0.25, -0.2) is 0 Å². The molecule has 1 nitrogen and oxygen atoms in total. The molecular weight excluding hydrogens is 242 g/mol. The summed E-state index contributed by atoms with van der Waals surface area (Å²) in [6.45, 7) is 2.22. The second-order valence-electron chi connectivity index (χ2n) is 5.83. The lowest BCUT2D eigenvalue weighted by Crippen LogP contribution is -2.29. The first kappa shape index (κ1) is 13.4. The van der Waals surface area contributed by atoms with Gasteiger partial charge in [-0.05, 0) is 41.5 Å². The Morgan fingerprint density at radius 2 is 1.45 bits per heavy atom. The van der Waals surface area contributed by atoms with Crippen LogP contribution in [0.1, 0.15) is 47.9 Å². The lowest BCUT2D eigenvalue weighted by molar-refractivity contribution is 0.542. The Hall–Kier alpha value is -1.60. The fourth-order valence-electron chi connectivity index (χ4n) is 3.53. The Kier molecular flexibility index (Phi) is 3.88. The van der Waals surface area contributed by atoms with E-state index in [1.54, 1.807) is 0 Å². The molecule has 1 unspecified atom stereocenters. The molecule has 1 heteroatoms. The van der Waals surface area contributed by atoms with Crippen molar-refractivity contribution in [1.29, 1.82) is 0 Å². The molecule has 0 amide bonds. The van der Waals surface area contributed by atoms with Crippen LogP contribution in [0.2, 0.25) is 0 Å². The van der Waals surface area contributed by atoms with E-state index in [1.807, 2.05) is 0 Å². The Morgan fingerprint density at radius 1 is 0.950 bits per heavy atom. The molecule has 0 heterocycles. The van der Waals surface area contributed by atoms with Crippen molar-refractivity contribution >= 4 is 0 Å². The molecule has 2 aromatic rings. The maximum absolute atomic E-state index is 6.56. The van der Waals surface area contributed by atoms with Crippen LogP contribution in [0.4, 0.5) is 0 Å². The van der Waals surface area contributed by atoms with Gasteiger partial charge in [-0.3, -0.25) is 0 Å². The van der Waals surface area contributed by atoms with Crippen molar-refractivity contribution in [3.8, 4) is 0 Å². The van der Waals surface area contributed by atoms with Gasteiger partial charge in [-0.15, -0.1) is 0 Å².